The maximum Gasteiger partial charge on any atom is 0.514 e. The molecule has 4 aromatic rings. The Labute approximate surface area is 354 Å². The van der Waals surface area contributed by atoms with Gasteiger partial charge in [-0.05, 0) is 128 Å². The second-order valence-corrected chi connectivity index (χ2v) is 18.8. The van der Waals surface area contributed by atoms with Gasteiger partial charge in [-0.1, -0.05) is 38.1 Å². The third kappa shape index (κ3) is 12.2. The smallest absolute Gasteiger partial charge is 0.456 e. The van der Waals surface area contributed by atoms with E-state index in [0.717, 1.165) is 36.3 Å². The highest BCUT2D eigenvalue weighted by Crippen LogP contribution is 2.48. The normalized spacial score (nSPS) is 19.3. The molecule has 3 atom stereocenters. The van der Waals surface area contributed by atoms with Crippen LogP contribution in [0.5, 0.6) is 5.75 Å². The monoisotopic (exact) mass is 819 g/mol. The number of esters is 1. The third-order valence-electron chi connectivity index (χ3n) is 10.3. The Kier molecular flexibility index (Phi) is 13.5. The highest BCUT2D eigenvalue weighted by Gasteiger charge is 2.55. The van der Waals surface area contributed by atoms with Crippen LogP contribution in [0.1, 0.15) is 125 Å². The molecule has 0 spiro atoms. The topological polar surface area (TPSA) is 151 Å². The van der Waals surface area contributed by atoms with E-state index in [1.54, 1.807) is 78.3 Å². The molecule has 1 aromatic carbocycles. The molecule has 60 heavy (non-hydrogen) atoms. The van der Waals surface area contributed by atoms with Crippen LogP contribution in [0.2, 0.25) is 0 Å². The number of para-hydroxylation sites is 1. The van der Waals surface area contributed by atoms with Crippen LogP contribution in [0.3, 0.4) is 0 Å². The van der Waals surface area contributed by atoms with Crippen molar-refractivity contribution < 1.29 is 37.9 Å². The van der Waals surface area contributed by atoms with Crippen LogP contribution < -0.4 is 10.1 Å². The second kappa shape index (κ2) is 18.2. The number of nitrogens with zero attached hydrogens (tertiary/aromatic N) is 4. The molecule has 3 aromatic heterocycles. The van der Waals surface area contributed by atoms with Crippen LogP contribution in [0.25, 0.3) is 0 Å². The molecule has 4 heterocycles. The first-order valence-corrected chi connectivity index (χ1v) is 20.6. The van der Waals surface area contributed by atoms with Crippen molar-refractivity contribution in [2.24, 2.45) is 5.41 Å². The predicted molar refractivity (Wildman–Crippen MR) is 227 cm³/mol. The van der Waals surface area contributed by atoms with Gasteiger partial charge in [-0.2, -0.15) is 0 Å². The van der Waals surface area contributed by atoms with E-state index in [9.17, 15) is 14.4 Å². The van der Waals surface area contributed by atoms with Gasteiger partial charge in [-0.25, -0.2) is 9.59 Å². The molecule has 1 aliphatic carbocycles. The molecule has 2 aliphatic rings. The van der Waals surface area contributed by atoms with E-state index < -0.39 is 47.9 Å². The largest absolute Gasteiger partial charge is 0.514 e. The summed E-state index contributed by atoms with van der Waals surface area (Å²) in [5, 5.41) is 3.16. The van der Waals surface area contributed by atoms with Crippen LogP contribution in [0.4, 0.5) is 4.79 Å². The SMILES string of the molecule is CC1(C)CCC2OB([C@H](Cc3cccc(C(=O)OC(C)(C)C)c3OC(=O)OC(C)(C)C)NC(=O)c3ccc(CN(Cc4ccccn4)Cc4ccccn4)nc3)OC2(C)C1. The summed E-state index contributed by atoms with van der Waals surface area (Å²) >= 11 is 0. The average Bonchev–Trinajstić information content (AvgIpc) is 3.50. The number of carbonyl (C=O) groups is 3. The molecule has 1 amide bonds. The number of hydrogen-bond acceptors (Lipinski definition) is 12. The van der Waals surface area contributed by atoms with Crippen molar-refractivity contribution in [3.8, 4) is 5.75 Å². The number of benzene rings is 1. The minimum absolute atomic E-state index is 0.0324. The minimum Gasteiger partial charge on any atom is -0.456 e. The van der Waals surface area contributed by atoms with Crippen molar-refractivity contribution in [1.82, 2.24) is 25.2 Å². The van der Waals surface area contributed by atoms with Crippen molar-refractivity contribution in [1.29, 1.82) is 0 Å². The summed E-state index contributed by atoms with van der Waals surface area (Å²) in [5.41, 5.74) is 1.17. The number of rotatable bonds is 13. The third-order valence-corrected chi connectivity index (χ3v) is 10.3. The number of pyridine rings is 3. The molecule has 6 rings (SSSR count). The molecule has 2 unspecified atom stereocenters. The number of aromatic nitrogens is 3. The van der Waals surface area contributed by atoms with Crippen LogP contribution in [-0.2, 0) is 44.8 Å². The predicted octanol–water partition coefficient (Wildman–Crippen LogP) is 8.10. The van der Waals surface area contributed by atoms with Crippen LogP contribution >= 0.6 is 0 Å². The molecule has 1 saturated carbocycles. The molecule has 1 saturated heterocycles. The zero-order valence-corrected chi connectivity index (χ0v) is 36.3. The first kappa shape index (κ1) is 44.4. The fraction of sp³-hybridized carbons (Fsp3) is 0.478. The van der Waals surface area contributed by atoms with Crippen LogP contribution in [0.15, 0.2) is 85.3 Å². The van der Waals surface area contributed by atoms with Gasteiger partial charge in [0.15, 0.2) is 5.75 Å². The minimum atomic E-state index is -0.987. The maximum atomic E-state index is 14.2. The Bertz CT molecular complexity index is 2070. The Morgan fingerprint density at radius 1 is 0.833 bits per heavy atom. The van der Waals surface area contributed by atoms with E-state index in [2.05, 4.69) is 41.0 Å². The molecular formula is C46H58BN5O8. The van der Waals surface area contributed by atoms with Gasteiger partial charge in [0.25, 0.3) is 5.91 Å². The van der Waals surface area contributed by atoms with Crippen molar-refractivity contribution in [2.75, 3.05) is 0 Å². The van der Waals surface area contributed by atoms with E-state index in [1.807, 2.05) is 42.5 Å². The second-order valence-electron chi connectivity index (χ2n) is 18.8. The molecule has 2 fully saturated rings. The van der Waals surface area contributed by atoms with E-state index >= 15 is 0 Å². The van der Waals surface area contributed by atoms with E-state index in [4.69, 9.17) is 28.5 Å². The highest BCUT2D eigenvalue weighted by atomic mass is 16.7. The van der Waals surface area contributed by atoms with Gasteiger partial charge in [-0.3, -0.25) is 24.6 Å². The first-order valence-electron chi connectivity index (χ1n) is 20.6. The lowest BCUT2D eigenvalue weighted by atomic mass is 9.69. The van der Waals surface area contributed by atoms with Crippen molar-refractivity contribution in [2.45, 2.75) is 136 Å². The van der Waals surface area contributed by atoms with Gasteiger partial charge in [0, 0.05) is 38.2 Å². The average molecular weight is 820 g/mol. The quantitative estimate of drug-likeness (QED) is 0.0789. The number of ether oxygens (including phenoxy) is 3. The fourth-order valence-electron chi connectivity index (χ4n) is 7.85. The number of amides is 1. The number of nitrogens with one attached hydrogen (secondary N) is 1. The zero-order valence-electron chi connectivity index (χ0n) is 36.3. The Morgan fingerprint density at radius 3 is 2.03 bits per heavy atom. The van der Waals surface area contributed by atoms with E-state index in [-0.39, 0.29) is 29.3 Å². The van der Waals surface area contributed by atoms with E-state index in [0.29, 0.717) is 30.8 Å². The summed E-state index contributed by atoms with van der Waals surface area (Å²) in [6.07, 6.45) is 6.52. The molecule has 13 nitrogen and oxygen atoms in total. The molecule has 0 bridgehead atoms. The van der Waals surface area contributed by atoms with Gasteiger partial charge in [0.2, 0.25) is 0 Å². The highest BCUT2D eigenvalue weighted by molar-refractivity contribution is 6.48. The molecule has 318 valence electrons. The van der Waals surface area contributed by atoms with Crippen molar-refractivity contribution in [3.05, 3.63) is 119 Å². The maximum absolute atomic E-state index is 14.2. The summed E-state index contributed by atoms with van der Waals surface area (Å²) in [6, 6.07) is 20.2. The van der Waals surface area contributed by atoms with Crippen LogP contribution in [0, 0.1) is 5.41 Å². The number of hydrogen-bond donors (Lipinski definition) is 1. The lowest BCUT2D eigenvalue weighted by molar-refractivity contribution is -0.0299. The summed E-state index contributed by atoms with van der Waals surface area (Å²) in [7, 11) is -0.864. The van der Waals surface area contributed by atoms with Gasteiger partial charge in [0.1, 0.15) is 16.8 Å². The van der Waals surface area contributed by atoms with Crippen molar-refractivity contribution in [3.63, 3.8) is 0 Å². The van der Waals surface area contributed by atoms with Gasteiger partial charge < -0.3 is 28.8 Å². The lowest BCUT2D eigenvalue weighted by Crippen LogP contribution is -2.50. The molecule has 1 N–H and O–H groups in total. The Morgan fingerprint density at radius 2 is 1.47 bits per heavy atom. The summed E-state index contributed by atoms with van der Waals surface area (Å²) in [5.74, 6) is -1.90. The Hall–Kier alpha value is -5.18. The number of fused-ring (bicyclic) bond motifs is 1. The molecule has 0 radical (unpaired) electrons. The van der Waals surface area contributed by atoms with Crippen LogP contribution in [-0.4, -0.2) is 73.9 Å². The summed E-state index contributed by atoms with van der Waals surface area (Å²) in [4.78, 5) is 56.9. The van der Waals surface area contributed by atoms with Gasteiger partial charge >= 0.3 is 19.2 Å². The van der Waals surface area contributed by atoms with Gasteiger partial charge in [-0.15, -0.1) is 0 Å². The molecule has 14 heteroatoms. The lowest BCUT2D eigenvalue weighted by Gasteiger charge is -2.43. The Balaban J connectivity index is 1.28. The molecular weight excluding hydrogens is 761 g/mol. The summed E-state index contributed by atoms with van der Waals surface area (Å²) in [6.45, 7) is 18.6. The van der Waals surface area contributed by atoms with E-state index in [1.165, 1.54) is 6.07 Å². The molecule has 1 aliphatic heterocycles. The van der Waals surface area contributed by atoms with Gasteiger partial charge in [0.05, 0.1) is 40.3 Å². The summed E-state index contributed by atoms with van der Waals surface area (Å²) < 4.78 is 30.4. The zero-order chi connectivity index (χ0) is 43.3. The number of carbonyl (C=O) groups excluding carboxylic acids is 3. The first-order chi connectivity index (χ1) is 28.2. The fourth-order valence-corrected chi connectivity index (χ4v) is 7.85. The van der Waals surface area contributed by atoms with Crippen molar-refractivity contribution >= 4 is 25.2 Å². The standard InChI is InChI=1S/C46H58BN5O8/c1-43(2,3)57-41(54)36-18-14-15-31(39(36)56-42(55)58-44(4,5)6)25-38(47-59-37-21-22-45(7,8)30-46(37,9)60-47)51-40(53)32-19-20-35(50-26-32)29-52(27-33-16-10-12-23-48-33)28-34-17-11-13-24-49-34/h10-20,23-24,26,37-38H,21-22,25,27-30H2,1-9H3,(H,51,53)/t37?,38-,46?/m0/s1.